The molecule has 26 heavy (non-hydrogen) atoms. The van der Waals surface area contributed by atoms with Crippen LogP contribution in [-0.4, -0.2) is 10.8 Å². The number of fused-ring (bicyclic) bond motifs is 1. The zero-order valence-corrected chi connectivity index (χ0v) is 14.6. The summed E-state index contributed by atoms with van der Waals surface area (Å²) in [4.78, 5) is 16.5. The highest BCUT2D eigenvalue weighted by molar-refractivity contribution is 7.07. The van der Waals surface area contributed by atoms with E-state index in [0.717, 1.165) is 22.4 Å². The van der Waals surface area contributed by atoms with Gasteiger partial charge in [-0.1, -0.05) is 36.4 Å². The van der Waals surface area contributed by atoms with E-state index in [9.17, 15) is 4.79 Å². The molecule has 4 aromatic rings. The second-order valence-electron chi connectivity index (χ2n) is 5.68. The molecule has 0 saturated heterocycles. The number of carbonyl (C=O) groups excluding carboxylic acids is 1. The summed E-state index contributed by atoms with van der Waals surface area (Å²) in [5.41, 5.74) is 4.32. The van der Waals surface area contributed by atoms with Crippen molar-refractivity contribution in [2.45, 2.75) is 6.61 Å². The van der Waals surface area contributed by atoms with Crippen LogP contribution < -0.4 is 4.74 Å². The number of rotatable bonds is 6. The Bertz CT molecular complexity index is 1010. The van der Waals surface area contributed by atoms with E-state index < -0.39 is 0 Å². The molecule has 0 spiro atoms. The maximum Gasteiger partial charge on any atom is 0.221 e. The average molecular weight is 361 g/mol. The third-order valence-corrected chi connectivity index (χ3v) is 4.48. The summed E-state index contributed by atoms with van der Waals surface area (Å²) >= 11 is 1.55. The van der Waals surface area contributed by atoms with Crippen LogP contribution in [0.15, 0.2) is 76.0 Å². The van der Waals surface area contributed by atoms with Gasteiger partial charge in [0.05, 0.1) is 11.2 Å². The lowest BCUT2D eigenvalue weighted by molar-refractivity contribution is 0.102. The van der Waals surface area contributed by atoms with Gasteiger partial charge in [-0.25, -0.2) is 4.98 Å². The third kappa shape index (κ3) is 3.73. The lowest BCUT2D eigenvalue weighted by Crippen LogP contribution is -1.95. The number of nitrogens with zero attached hydrogens (tertiary/aromatic N) is 1. The molecule has 4 rings (SSSR count). The molecule has 5 heteroatoms. The predicted octanol–water partition coefficient (Wildman–Crippen LogP) is 5.36. The summed E-state index contributed by atoms with van der Waals surface area (Å²) in [6.45, 7) is 0.448. The van der Waals surface area contributed by atoms with E-state index in [-0.39, 0.29) is 5.78 Å². The number of para-hydroxylation sites is 1. The van der Waals surface area contributed by atoms with E-state index in [1.54, 1.807) is 29.0 Å². The van der Waals surface area contributed by atoms with Crippen LogP contribution in [-0.2, 0) is 6.61 Å². The molecule has 128 valence electrons. The summed E-state index contributed by atoms with van der Waals surface area (Å²) in [5.74, 6) is 0.939. The highest BCUT2D eigenvalue weighted by Gasteiger charge is 2.08. The van der Waals surface area contributed by atoms with Crippen molar-refractivity contribution < 1.29 is 13.9 Å². The lowest BCUT2D eigenvalue weighted by Gasteiger charge is -2.04. The summed E-state index contributed by atoms with van der Waals surface area (Å²) in [7, 11) is 0. The summed E-state index contributed by atoms with van der Waals surface area (Å²) in [6.07, 6.45) is 3.28. The highest BCUT2D eigenvalue weighted by atomic mass is 32.1. The first-order valence-corrected chi connectivity index (χ1v) is 9.03. The molecule has 0 amide bonds. The molecule has 0 fully saturated rings. The van der Waals surface area contributed by atoms with Gasteiger partial charge in [-0.05, 0) is 35.9 Å². The lowest BCUT2D eigenvalue weighted by atomic mass is 10.1. The van der Waals surface area contributed by atoms with Crippen molar-refractivity contribution in [3.8, 4) is 5.75 Å². The first-order chi connectivity index (χ1) is 12.8. The number of aromatic nitrogens is 1. The summed E-state index contributed by atoms with van der Waals surface area (Å²) in [6, 6.07) is 16.9. The van der Waals surface area contributed by atoms with E-state index in [1.165, 1.54) is 6.08 Å². The molecular formula is C21H15NO3S. The minimum Gasteiger partial charge on any atom is -0.487 e. The number of furan rings is 1. The molecule has 0 aliphatic rings. The van der Waals surface area contributed by atoms with Gasteiger partial charge in [0.2, 0.25) is 5.78 Å². The molecule has 0 radical (unpaired) electrons. The Balaban J connectivity index is 1.40. The number of benzene rings is 2. The molecule has 0 bridgehead atoms. The van der Waals surface area contributed by atoms with Crippen LogP contribution in [0.25, 0.3) is 17.0 Å². The molecule has 0 unspecified atom stereocenters. The van der Waals surface area contributed by atoms with E-state index in [4.69, 9.17) is 9.15 Å². The van der Waals surface area contributed by atoms with Gasteiger partial charge in [0.1, 0.15) is 17.9 Å². The fraction of sp³-hybridized carbons (Fsp3) is 0.0476. The number of ether oxygens (including phenoxy) is 1. The molecule has 2 aromatic carbocycles. The van der Waals surface area contributed by atoms with Crippen molar-refractivity contribution in [1.82, 2.24) is 4.98 Å². The van der Waals surface area contributed by atoms with Crippen LogP contribution in [0.2, 0.25) is 0 Å². The van der Waals surface area contributed by atoms with Gasteiger partial charge in [-0.2, -0.15) is 0 Å². The van der Waals surface area contributed by atoms with Crippen LogP contribution in [0.5, 0.6) is 5.75 Å². The second kappa shape index (κ2) is 7.37. The van der Waals surface area contributed by atoms with Gasteiger partial charge in [-0.15, -0.1) is 11.3 Å². The van der Waals surface area contributed by atoms with Crippen molar-refractivity contribution >= 4 is 34.2 Å². The molecule has 0 N–H and O–H groups in total. The minimum atomic E-state index is -0.162. The van der Waals surface area contributed by atoms with Crippen LogP contribution >= 0.6 is 11.3 Å². The van der Waals surface area contributed by atoms with E-state index in [1.807, 2.05) is 53.9 Å². The fourth-order valence-electron chi connectivity index (χ4n) is 2.50. The van der Waals surface area contributed by atoms with Gasteiger partial charge in [0.25, 0.3) is 0 Å². The van der Waals surface area contributed by atoms with Crippen LogP contribution in [0.4, 0.5) is 0 Å². The van der Waals surface area contributed by atoms with E-state index in [0.29, 0.717) is 18.0 Å². The Hall–Kier alpha value is -3.18. The van der Waals surface area contributed by atoms with Crippen molar-refractivity contribution in [1.29, 1.82) is 0 Å². The Kier molecular flexibility index (Phi) is 4.62. The molecule has 2 aromatic heterocycles. The normalized spacial score (nSPS) is 11.2. The number of allylic oxidation sites excluding steroid dienone is 1. The number of thiazole rings is 1. The first kappa shape index (κ1) is 16.3. The van der Waals surface area contributed by atoms with E-state index in [2.05, 4.69) is 4.98 Å². The topological polar surface area (TPSA) is 52.3 Å². The van der Waals surface area contributed by atoms with Gasteiger partial charge >= 0.3 is 0 Å². The van der Waals surface area contributed by atoms with Gasteiger partial charge in [-0.3, -0.25) is 4.79 Å². The largest absolute Gasteiger partial charge is 0.487 e. The molecule has 2 heterocycles. The van der Waals surface area contributed by atoms with Gasteiger partial charge in [0, 0.05) is 10.8 Å². The summed E-state index contributed by atoms with van der Waals surface area (Å²) in [5, 5.41) is 2.88. The zero-order chi connectivity index (χ0) is 17.8. The number of hydrogen-bond acceptors (Lipinski definition) is 5. The third-order valence-electron chi connectivity index (χ3n) is 3.85. The Labute approximate surface area is 154 Å². The van der Waals surface area contributed by atoms with Crippen molar-refractivity contribution in [3.63, 3.8) is 0 Å². The molecule has 0 saturated carbocycles. The summed E-state index contributed by atoms with van der Waals surface area (Å²) < 4.78 is 11.3. The number of hydrogen-bond donors (Lipinski definition) is 0. The van der Waals surface area contributed by atoms with Crippen LogP contribution in [0.1, 0.15) is 21.8 Å². The van der Waals surface area contributed by atoms with Crippen molar-refractivity contribution in [2.24, 2.45) is 0 Å². The Morgan fingerprint density at radius 2 is 2.00 bits per heavy atom. The Morgan fingerprint density at radius 1 is 1.15 bits per heavy atom. The molecule has 4 nitrogen and oxygen atoms in total. The Morgan fingerprint density at radius 3 is 2.77 bits per heavy atom. The average Bonchev–Trinajstić information content (AvgIpc) is 3.34. The van der Waals surface area contributed by atoms with Crippen LogP contribution in [0, 0.1) is 0 Å². The second-order valence-corrected chi connectivity index (χ2v) is 6.40. The molecule has 0 atom stereocenters. The molecule has 0 aliphatic heterocycles. The fourth-order valence-corrected chi connectivity index (χ4v) is 3.04. The smallest absolute Gasteiger partial charge is 0.221 e. The van der Waals surface area contributed by atoms with Gasteiger partial charge in [0.15, 0.2) is 5.76 Å². The van der Waals surface area contributed by atoms with E-state index >= 15 is 0 Å². The minimum absolute atomic E-state index is 0.162. The molecular weight excluding hydrogens is 346 g/mol. The number of ketones is 1. The van der Waals surface area contributed by atoms with Crippen LogP contribution in [0.3, 0.4) is 0 Å². The predicted molar refractivity (Wildman–Crippen MR) is 102 cm³/mol. The van der Waals surface area contributed by atoms with Crippen molar-refractivity contribution in [2.75, 3.05) is 0 Å². The maximum absolute atomic E-state index is 12.3. The highest BCUT2D eigenvalue weighted by Crippen LogP contribution is 2.20. The number of carbonyl (C=O) groups is 1. The monoisotopic (exact) mass is 361 g/mol. The first-order valence-electron chi connectivity index (χ1n) is 8.09. The van der Waals surface area contributed by atoms with Crippen molar-refractivity contribution in [3.05, 3.63) is 88.6 Å². The quantitative estimate of drug-likeness (QED) is 0.342. The van der Waals surface area contributed by atoms with Gasteiger partial charge < -0.3 is 9.15 Å². The SMILES string of the molecule is O=C(/C=C/c1ccc(OCc2cscn2)cc1)c1cc2ccccc2o1. The molecule has 0 aliphatic carbocycles. The maximum atomic E-state index is 12.3. The zero-order valence-electron chi connectivity index (χ0n) is 13.8. The standard InChI is InChI=1S/C21H15NO3S/c23-19(21-11-16-3-1-2-4-20(16)25-21)10-7-15-5-8-18(9-6-15)24-12-17-13-26-14-22-17/h1-11,13-14H,12H2/b10-7+.